The van der Waals surface area contributed by atoms with Crippen molar-refractivity contribution in [2.45, 2.75) is 19.3 Å². The monoisotopic (exact) mass is 452 g/mol. The maximum atomic E-state index is 12.3. The molecular weight excluding hydrogens is 419 g/mol. The molecule has 1 aromatic carbocycles. The number of likely N-dealkylation sites (N-methyl/N-ethyl adjacent to an activating group) is 1. The van der Waals surface area contributed by atoms with Crippen molar-refractivity contribution < 1.29 is 4.79 Å². The molecule has 162 valence electrons. The molecule has 2 fully saturated rings. The summed E-state index contributed by atoms with van der Waals surface area (Å²) in [6.45, 7) is 8.30. The lowest BCUT2D eigenvalue weighted by molar-refractivity contribution is -0.130. The lowest BCUT2D eigenvalue weighted by Crippen LogP contribution is -2.48. The Hall–Kier alpha value is -0.720. The maximum absolute atomic E-state index is 12.3. The zero-order valence-electron chi connectivity index (χ0n) is 16.7. The van der Waals surface area contributed by atoms with Crippen molar-refractivity contribution in [3.05, 3.63) is 30.3 Å². The van der Waals surface area contributed by atoms with E-state index < -0.39 is 0 Å². The van der Waals surface area contributed by atoms with Gasteiger partial charge in [-0.2, -0.15) is 0 Å². The molecule has 1 amide bonds. The summed E-state index contributed by atoms with van der Waals surface area (Å²) in [7, 11) is 1.95. The molecule has 5 nitrogen and oxygen atoms in total. The number of nitrogens with zero attached hydrogens (tertiary/aromatic N) is 3. The van der Waals surface area contributed by atoms with Crippen LogP contribution in [0.25, 0.3) is 0 Å². The SMILES string of the molecule is CN(CCN1CCN(c2ccccc2)CC1)C(=O)CCC1CCNC1.Cl.Cl.Cl. The number of piperazine rings is 1. The molecule has 2 heterocycles. The quantitative estimate of drug-likeness (QED) is 0.689. The van der Waals surface area contributed by atoms with E-state index in [1.807, 2.05) is 11.9 Å². The number of anilines is 1. The number of hydrogen-bond donors (Lipinski definition) is 1. The number of hydrogen-bond acceptors (Lipinski definition) is 4. The molecule has 2 aliphatic rings. The van der Waals surface area contributed by atoms with Crippen LogP contribution in [-0.2, 0) is 4.79 Å². The second-order valence-corrected chi connectivity index (χ2v) is 7.38. The fraction of sp³-hybridized carbons (Fsp3) is 0.650. The second kappa shape index (κ2) is 14.3. The van der Waals surface area contributed by atoms with Gasteiger partial charge in [-0.3, -0.25) is 9.69 Å². The molecule has 0 bridgehead atoms. The van der Waals surface area contributed by atoms with E-state index in [0.29, 0.717) is 18.2 Å². The van der Waals surface area contributed by atoms with E-state index in [0.717, 1.165) is 58.8 Å². The van der Waals surface area contributed by atoms with Crippen LogP contribution in [0.5, 0.6) is 0 Å². The van der Waals surface area contributed by atoms with Crippen LogP contribution in [0.3, 0.4) is 0 Å². The highest BCUT2D eigenvalue weighted by Gasteiger charge is 2.19. The Balaban J connectivity index is 0.00000243. The van der Waals surface area contributed by atoms with Gasteiger partial charge < -0.3 is 15.1 Å². The number of benzene rings is 1. The van der Waals surface area contributed by atoms with E-state index in [9.17, 15) is 4.79 Å². The largest absolute Gasteiger partial charge is 0.369 e. The average molecular weight is 454 g/mol. The lowest BCUT2D eigenvalue weighted by atomic mass is 10.0. The Labute approximate surface area is 188 Å². The first-order valence-corrected chi connectivity index (χ1v) is 9.69. The van der Waals surface area contributed by atoms with Crippen LogP contribution in [0.4, 0.5) is 5.69 Å². The zero-order chi connectivity index (χ0) is 17.5. The normalized spacial score (nSPS) is 19.2. The number of para-hydroxylation sites is 1. The van der Waals surface area contributed by atoms with Gasteiger partial charge in [-0.1, -0.05) is 18.2 Å². The van der Waals surface area contributed by atoms with Gasteiger partial charge in [0.1, 0.15) is 0 Å². The van der Waals surface area contributed by atoms with Crippen molar-refractivity contribution in [1.29, 1.82) is 0 Å². The number of amides is 1. The molecule has 3 rings (SSSR count). The van der Waals surface area contributed by atoms with Crippen LogP contribution in [0.1, 0.15) is 19.3 Å². The Bertz CT molecular complexity index is 536. The van der Waals surface area contributed by atoms with Gasteiger partial charge in [0.15, 0.2) is 0 Å². The van der Waals surface area contributed by atoms with Crippen LogP contribution >= 0.6 is 37.2 Å². The first-order valence-electron chi connectivity index (χ1n) is 9.69. The van der Waals surface area contributed by atoms with Gasteiger partial charge in [-0.05, 0) is 44.0 Å². The first-order chi connectivity index (χ1) is 12.2. The molecule has 1 N–H and O–H groups in total. The second-order valence-electron chi connectivity index (χ2n) is 7.38. The fourth-order valence-corrected chi connectivity index (χ4v) is 3.76. The minimum absolute atomic E-state index is 0. The van der Waals surface area contributed by atoms with Crippen molar-refractivity contribution in [1.82, 2.24) is 15.1 Å². The molecule has 0 radical (unpaired) electrons. The molecule has 28 heavy (non-hydrogen) atoms. The van der Waals surface area contributed by atoms with Gasteiger partial charge in [0.05, 0.1) is 0 Å². The van der Waals surface area contributed by atoms with Gasteiger partial charge >= 0.3 is 0 Å². The Morgan fingerprint density at radius 3 is 2.39 bits per heavy atom. The number of carbonyl (C=O) groups excluding carboxylic acids is 1. The van der Waals surface area contributed by atoms with Crippen LogP contribution in [0.15, 0.2) is 30.3 Å². The smallest absolute Gasteiger partial charge is 0.222 e. The summed E-state index contributed by atoms with van der Waals surface area (Å²) in [4.78, 5) is 19.1. The van der Waals surface area contributed by atoms with E-state index in [1.54, 1.807) is 0 Å². The molecular formula is C20H35Cl3N4O. The van der Waals surface area contributed by atoms with E-state index in [1.165, 1.54) is 12.1 Å². The van der Waals surface area contributed by atoms with Crippen molar-refractivity contribution >= 4 is 48.8 Å². The van der Waals surface area contributed by atoms with Gasteiger partial charge in [0.25, 0.3) is 0 Å². The third-order valence-electron chi connectivity index (χ3n) is 5.60. The Morgan fingerprint density at radius 1 is 1.11 bits per heavy atom. The molecule has 1 aromatic rings. The predicted molar refractivity (Wildman–Crippen MR) is 125 cm³/mol. The fourth-order valence-electron chi connectivity index (χ4n) is 3.76. The molecule has 0 saturated carbocycles. The van der Waals surface area contributed by atoms with Crippen molar-refractivity contribution in [2.24, 2.45) is 5.92 Å². The van der Waals surface area contributed by atoms with Crippen molar-refractivity contribution in [2.75, 3.05) is 64.3 Å². The van der Waals surface area contributed by atoms with E-state index in [4.69, 9.17) is 0 Å². The standard InChI is InChI=1S/C20H32N4O.3ClH/c1-22(20(25)8-7-18-9-10-21-17-18)11-12-23-13-15-24(16-14-23)19-5-3-2-4-6-19;;;/h2-6,18,21H,7-17H2,1H3;3*1H. The first kappa shape index (κ1) is 27.3. The van der Waals surface area contributed by atoms with E-state index in [-0.39, 0.29) is 37.2 Å². The molecule has 0 aromatic heterocycles. The molecule has 0 spiro atoms. The van der Waals surface area contributed by atoms with Gasteiger partial charge in [-0.15, -0.1) is 37.2 Å². The van der Waals surface area contributed by atoms with Crippen LogP contribution < -0.4 is 10.2 Å². The highest BCUT2D eigenvalue weighted by atomic mass is 35.5. The minimum Gasteiger partial charge on any atom is -0.369 e. The Morgan fingerprint density at radius 2 is 1.79 bits per heavy atom. The molecule has 2 aliphatic heterocycles. The summed E-state index contributed by atoms with van der Waals surface area (Å²) >= 11 is 0. The number of nitrogens with one attached hydrogen (secondary N) is 1. The van der Waals surface area contributed by atoms with E-state index in [2.05, 4.69) is 45.4 Å². The molecule has 1 atom stereocenters. The van der Waals surface area contributed by atoms with Crippen molar-refractivity contribution in [3.8, 4) is 0 Å². The molecule has 1 unspecified atom stereocenters. The maximum Gasteiger partial charge on any atom is 0.222 e. The number of carbonyl (C=O) groups is 1. The van der Waals surface area contributed by atoms with Crippen molar-refractivity contribution in [3.63, 3.8) is 0 Å². The summed E-state index contributed by atoms with van der Waals surface area (Å²) in [6, 6.07) is 10.6. The lowest BCUT2D eigenvalue weighted by Gasteiger charge is -2.36. The minimum atomic E-state index is 0. The third kappa shape index (κ3) is 8.34. The van der Waals surface area contributed by atoms with Crippen LogP contribution in [0, 0.1) is 5.92 Å². The predicted octanol–water partition coefficient (Wildman–Crippen LogP) is 2.92. The third-order valence-corrected chi connectivity index (χ3v) is 5.60. The highest BCUT2D eigenvalue weighted by molar-refractivity contribution is 5.86. The zero-order valence-corrected chi connectivity index (χ0v) is 19.2. The number of rotatable bonds is 7. The van der Waals surface area contributed by atoms with Gasteiger partial charge in [0.2, 0.25) is 5.91 Å². The molecule has 2 saturated heterocycles. The van der Waals surface area contributed by atoms with Gasteiger partial charge in [-0.25, -0.2) is 0 Å². The summed E-state index contributed by atoms with van der Waals surface area (Å²) in [6.07, 6.45) is 2.96. The Kier molecular flexibility index (Phi) is 13.9. The topological polar surface area (TPSA) is 38.8 Å². The summed E-state index contributed by atoms with van der Waals surface area (Å²) in [5.74, 6) is 0.998. The highest BCUT2D eigenvalue weighted by Crippen LogP contribution is 2.16. The summed E-state index contributed by atoms with van der Waals surface area (Å²) in [5.41, 5.74) is 1.32. The van der Waals surface area contributed by atoms with Gasteiger partial charge in [0, 0.05) is 58.4 Å². The summed E-state index contributed by atoms with van der Waals surface area (Å²) in [5, 5.41) is 3.37. The molecule has 8 heteroatoms. The average Bonchev–Trinajstić information content (AvgIpc) is 3.19. The summed E-state index contributed by atoms with van der Waals surface area (Å²) < 4.78 is 0. The number of halogens is 3. The van der Waals surface area contributed by atoms with Crippen LogP contribution in [0.2, 0.25) is 0 Å². The molecule has 0 aliphatic carbocycles. The van der Waals surface area contributed by atoms with E-state index >= 15 is 0 Å². The van der Waals surface area contributed by atoms with Crippen LogP contribution in [-0.4, -0.2) is 75.1 Å².